The van der Waals surface area contributed by atoms with Crippen LogP contribution >= 0.6 is 31.4 Å². The van der Waals surface area contributed by atoms with Crippen LogP contribution in [-0.4, -0.2) is 104 Å². The summed E-state index contributed by atoms with van der Waals surface area (Å²) in [5.74, 6) is 0. The molecule has 0 saturated carbocycles. The van der Waals surface area contributed by atoms with E-state index in [0.717, 1.165) is 0 Å². The minimum absolute atomic E-state index is 0. The molecule has 14 heavy (non-hydrogen) atoms. The van der Waals surface area contributed by atoms with Crippen molar-refractivity contribution in [2.75, 3.05) is 0 Å². The Labute approximate surface area is 162 Å². The van der Waals surface area contributed by atoms with Crippen LogP contribution in [0.3, 0.4) is 0 Å². The van der Waals surface area contributed by atoms with Gasteiger partial charge in [-0.1, -0.05) is 21.6 Å². The Morgan fingerprint density at radius 2 is 1.00 bits per heavy atom. The molecule has 1 aromatic heterocycles. The molecule has 1 aromatic rings. The van der Waals surface area contributed by atoms with Crippen LogP contribution in [0.25, 0.3) is 0 Å². The molecular formula is C5H5N3Na3S3. The number of nitrogens with zero attached hydrogens (tertiary/aromatic N) is 3. The minimum atomic E-state index is 0. The third-order valence-corrected chi connectivity index (χ3v) is 4.02. The Hall–Kier alpha value is 2.80. The second-order valence-electron chi connectivity index (χ2n) is 1.33. The summed E-state index contributed by atoms with van der Waals surface area (Å²) in [6.45, 7) is 0. The number of hydrogen-bond acceptors (Lipinski definition) is 6. The summed E-state index contributed by atoms with van der Waals surface area (Å²) in [4.78, 5) is 10.7. The molecule has 1 aliphatic heterocycles. The first-order valence-electron chi connectivity index (χ1n) is 2.69. The number of rotatable bonds is 0. The molecule has 0 saturated heterocycles. The molecule has 2 rings (SSSR count). The van der Waals surface area contributed by atoms with Crippen LogP contribution < -0.4 is 0 Å². The molecule has 3 nitrogen and oxygen atoms in total. The van der Waals surface area contributed by atoms with E-state index in [1.165, 1.54) is 19.0 Å². The molecule has 0 amide bonds. The summed E-state index contributed by atoms with van der Waals surface area (Å²) in [6.07, 6.45) is 4.31. The minimum Gasteiger partial charge on any atom is -0.225 e. The maximum atomic E-state index is 3.56. The molecular weight excluding hydrogens is 267 g/mol. The molecule has 1 aliphatic rings. The van der Waals surface area contributed by atoms with Crippen molar-refractivity contribution < 1.29 is 0 Å². The van der Waals surface area contributed by atoms with E-state index >= 15 is 0 Å². The molecule has 0 bridgehead atoms. The van der Waals surface area contributed by atoms with Crippen LogP contribution in [0.2, 0.25) is 0 Å². The summed E-state index contributed by atoms with van der Waals surface area (Å²) in [5.41, 5.74) is 0. The fourth-order valence-corrected chi connectivity index (χ4v) is 3.27. The van der Waals surface area contributed by atoms with E-state index in [1.807, 2.05) is 0 Å². The molecule has 0 aliphatic carbocycles. The van der Waals surface area contributed by atoms with Gasteiger partial charge in [0.1, 0.15) is 19.0 Å². The maximum absolute atomic E-state index is 3.56. The van der Waals surface area contributed by atoms with E-state index < -0.39 is 0 Å². The van der Waals surface area contributed by atoms with Gasteiger partial charge in [0.25, 0.3) is 0 Å². The molecule has 61 valence electrons. The van der Waals surface area contributed by atoms with E-state index in [2.05, 4.69) is 25.8 Å². The third kappa shape index (κ3) is 14.8. The predicted octanol–water partition coefficient (Wildman–Crippen LogP) is 1.23. The molecule has 3 radical (unpaired) electrons. The summed E-state index contributed by atoms with van der Waals surface area (Å²) in [6, 6.07) is 0. The van der Waals surface area contributed by atoms with E-state index in [1.54, 1.807) is 31.4 Å². The van der Waals surface area contributed by atoms with Crippen molar-refractivity contribution >= 4 is 120 Å². The average molecular weight is 272 g/mol. The van der Waals surface area contributed by atoms with E-state index in [4.69, 9.17) is 0 Å². The Bertz CT molecular complexity index is 181. The van der Waals surface area contributed by atoms with E-state index in [9.17, 15) is 0 Å². The van der Waals surface area contributed by atoms with Gasteiger partial charge in [0.05, 0.1) is 0 Å². The Morgan fingerprint density at radius 1 is 0.643 bits per heavy atom. The monoisotopic (exact) mass is 272 g/mol. The van der Waals surface area contributed by atoms with Crippen molar-refractivity contribution in [1.29, 1.82) is 0 Å². The first kappa shape index (κ1) is 22.0. The SMILES string of the molecule is C1=CSSS1.[Na].[Na].[Na].c1ncncn1. The van der Waals surface area contributed by atoms with Crippen LogP contribution in [0.1, 0.15) is 0 Å². The summed E-state index contributed by atoms with van der Waals surface area (Å²) < 4.78 is 0. The quantitative estimate of drug-likeness (QED) is 0.522. The van der Waals surface area contributed by atoms with Crippen LogP contribution in [0.4, 0.5) is 0 Å². The van der Waals surface area contributed by atoms with Crippen molar-refractivity contribution in [3.63, 3.8) is 0 Å². The van der Waals surface area contributed by atoms with Crippen LogP contribution in [0, 0.1) is 0 Å². The van der Waals surface area contributed by atoms with Gasteiger partial charge in [-0.2, -0.15) is 0 Å². The maximum Gasteiger partial charge on any atom is 0.119 e. The summed E-state index contributed by atoms with van der Waals surface area (Å²) in [5, 5.41) is 4.16. The van der Waals surface area contributed by atoms with Gasteiger partial charge in [-0.3, -0.25) is 0 Å². The second kappa shape index (κ2) is 18.2. The number of aromatic nitrogens is 3. The van der Waals surface area contributed by atoms with Crippen molar-refractivity contribution in [2.45, 2.75) is 0 Å². The average Bonchev–Trinajstić information content (AvgIpc) is 2.64. The molecule has 0 atom stereocenters. The van der Waals surface area contributed by atoms with Crippen molar-refractivity contribution in [2.24, 2.45) is 0 Å². The Balaban J connectivity index is -0.000000144. The van der Waals surface area contributed by atoms with Crippen molar-refractivity contribution in [3.05, 3.63) is 29.8 Å². The van der Waals surface area contributed by atoms with Crippen LogP contribution in [-0.2, 0) is 0 Å². The fourth-order valence-electron chi connectivity index (χ4n) is 0.318. The predicted molar refractivity (Wildman–Crippen MR) is 69.0 cm³/mol. The zero-order valence-electron chi connectivity index (χ0n) is 8.45. The van der Waals surface area contributed by atoms with Gasteiger partial charge in [0.15, 0.2) is 0 Å². The standard InChI is InChI=1S/C3H3N3.C2H2S3.3Na/c1-4-2-6-3-5-1;1-2-4-5-3-1;;;/h1-3H;1-2H;;;. The second-order valence-corrected chi connectivity index (χ2v) is 5.18. The Kier molecular flexibility index (Phi) is 28.6. The van der Waals surface area contributed by atoms with Gasteiger partial charge in [0.2, 0.25) is 0 Å². The molecule has 0 N–H and O–H groups in total. The van der Waals surface area contributed by atoms with Crippen LogP contribution in [0.5, 0.6) is 0 Å². The molecule has 9 heteroatoms. The first-order valence-corrected chi connectivity index (χ1v) is 6.30. The van der Waals surface area contributed by atoms with Gasteiger partial charge in [-0.05, 0) is 20.6 Å². The molecule has 0 unspecified atom stereocenters. The van der Waals surface area contributed by atoms with Crippen molar-refractivity contribution in [3.8, 4) is 0 Å². The van der Waals surface area contributed by atoms with E-state index in [0.29, 0.717) is 0 Å². The van der Waals surface area contributed by atoms with Gasteiger partial charge < -0.3 is 0 Å². The van der Waals surface area contributed by atoms with Gasteiger partial charge in [-0.25, -0.2) is 15.0 Å². The molecule has 2 heterocycles. The van der Waals surface area contributed by atoms with Crippen LogP contribution in [0.15, 0.2) is 29.8 Å². The zero-order chi connectivity index (χ0) is 7.78. The molecule has 0 fully saturated rings. The topological polar surface area (TPSA) is 38.7 Å². The summed E-state index contributed by atoms with van der Waals surface area (Å²) in [7, 11) is 5.34. The third-order valence-electron chi connectivity index (χ3n) is 0.645. The normalized spacial score (nSPS) is 10.9. The number of hydrogen-bond donors (Lipinski definition) is 0. The Morgan fingerprint density at radius 3 is 1.14 bits per heavy atom. The van der Waals surface area contributed by atoms with Crippen molar-refractivity contribution in [1.82, 2.24) is 15.0 Å². The van der Waals surface area contributed by atoms with Gasteiger partial charge in [-0.15, -0.1) is 0 Å². The van der Waals surface area contributed by atoms with Gasteiger partial charge >= 0.3 is 0 Å². The summed E-state index contributed by atoms with van der Waals surface area (Å²) >= 11 is 0. The van der Waals surface area contributed by atoms with E-state index in [-0.39, 0.29) is 88.7 Å². The van der Waals surface area contributed by atoms with Gasteiger partial charge in [0, 0.05) is 88.7 Å². The first-order chi connectivity index (χ1) is 5.50. The smallest absolute Gasteiger partial charge is 0.119 e. The molecule has 0 aromatic carbocycles. The largest absolute Gasteiger partial charge is 0.225 e. The zero-order valence-corrected chi connectivity index (χ0v) is 16.9. The fraction of sp³-hybridized carbons (Fsp3) is 0. The molecule has 0 spiro atoms.